The number of benzene rings is 2. The fraction of sp³-hybridized carbons (Fsp3) is 0.444. The smallest absolute Gasteiger partial charge is 0.229 e. The van der Waals surface area contributed by atoms with E-state index in [9.17, 15) is 45.6 Å². The molecule has 2 aliphatic rings. The van der Waals surface area contributed by atoms with E-state index in [1.807, 2.05) is 0 Å². The minimum Gasteiger partial charge on any atom is -0.508 e. The molecule has 0 saturated carbocycles. The average molecular weight is 579 g/mol. The molecule has 0 radical (unpaired) electrons. The molecular weight excluding hydrogens is 548 g/mol. The third-order valence-corrected chi connectivity index (χ3v) is 7.09. The van der Waals surface area contributed by atoms with Gasteiger partial charge in [-0.3, -0.25) is 4.79 Å². The zero-order valence-corrected chi connectivity index (χ0v) is 21.5. The number of rotatable bonds is 6. The van der Waals surface area contributed by atoms with Crippen molar-refractivity contribution in [1.29, 1.82) is 0 Å². The molecule has 14 nitrogen and oxygen atoms in total. The van der Waals surface area contributed by atoms with Crippen LogP contribution in [0.25, 0.3) is 22.3 Å². The fourth-order valence-electron chi connectivity index (χ4n) is 4.71. The first kappa shape index (κ1) is 29.2. The topological polar surface area (TPSA) is 229 Å². The van der Waals surface area contributed by atoms with Gasteiger partial charge in [0, 0.05) is 23.8 Å². The SMILES string of the molecule is C[C@@H]1O[C@@H](OC[C@H]2O[C@H](Oc3cc(O)c4c(=O)cc(-c5ccc(O)cc5)oc4c3)[C@H](O)[C@@H](O)[C@@H]2O)[C@H](O)[C@H](O)[C@H]1O. The maximum atomic E-state index is 12.7. The van der Waals surface area contributed by atoms with Crippen LogP contribution in [-0.4, -0.2) is 109 Å². The first-order valence-corrected chi connectivity index (χ1v) is 12.7. The Morgan fingerprint density at radius 3 is 2.15 bits per heavy atom. The van der Waals surface area contributed by atoms with Crippen molar-refractivity contribution in [3.63, 3.8) is 0 Å². The number of hydrogen-bond donors (Lipinski definition) is 8. The number of ether oxygens (including phenoxy) is 4. The van der Waals surface area contributed by atoms with Gasteiger partial charge in [0.1, 0.15) is 76.7 Å². The standard InChI is InChI=1S/C27H30O14/c1-10-20(31)22(33)24(35)26(38-10)37-9-18-21(32)23(34)25(36)27(41-18)39-13-6-14(29)19-15(30)8-16(40-17(19)7-13)11-2-4-12(28)5-3-11/h2-8,10,18,20-29,31-36H,9H2,1H3/t10-,18+,20-,21+,22+,23-,24+,25+,26+,27-/m0/s1. The van der Waals surface area contributed by atoms with Crippen LogP contribution in [0.4, 0.5) is 0 Å². The predicted molar refractivity (Wildman–Crippen MR) is 137 cm³/mol. The summed E-state index contributed by atoms with van der Waals surface area (Å²) in [5.74, 6) is -0.457. The van der Waals surface area contributed by atoms with Crippen LogP contribution in [0.3, 0.4) is 0 Å². The van der Waals surface area contributed by atoms with E-state index < -0.39 is 79.2 Å². The van der Waals surface area contributed by atoms with Gasteiger partial charge in [0.15, 0.2) is 11.7 Å². The summed E-state index contributed by atoms with van der Waals surface area (Å²) >= 11 is 0. The van der Waals surface area contributed by atoms with Gasteiger partial charge in [0.2, 0.25) is 6.29 Å². The highest BCUT2D eigenvalue weighted by atomic mass is 16.7. The molecule has 0 unspecified atom stereocenters. The first-order chi connectivity index (χ1) is 19.4. The summed E-state index contributed by atoms with van der Waals surface area (Å²) in [5.41, 5.74) is -0.149. The molecule has 1 aromatic heterocycles. The molecule has 0 bridgehead atoms. The van der Waals surface area contributed by atoms with Crippen molar-refractivity contribution in [2.24, 2.45) is 0 Å². The lowest BCUT2D eigenvalue weighted by Gasteiger charge is -2.42. The van der Waals surface area contributed by atoms with E-state index in [1.165, 1.54) is 43.3 Å². The van der Waals surface area contributed by atoms with Crippen molar-refractivity contribution >= 4 is 11.0 Å². The Balaban J connectivity index is 1.35. The van der Waals surface area contributed by atoms with Gasteiger partial charge in [-0.05, 0) is 31.2 Å². The van der Waals surface area contributed by atoms with Crippen LogP contribution in [0, 0.1) is 0 Å². The highest BCUT2D eigenvalue weighted by molar-refractivity contribution is 5.86. The molecule has 8 N–H and O–H groups in total. The van der Waals surface area contributed by atoms with Crippen molar-refractivity contribution in [1.82, 2.24) is 0 Å². The lowest BCUT2D eigenvalue weighted by atomic mass is 9.98. The summed E-state index contributed by atoms with van der Waals surface area (Å²) in [7, 11) is 0. The second kappa shape index (κ2) is 11.5. The van der Waals surface area contributed by atoms with Crippen LogP contribution < -0.4 is 10.2 Å². The van der Waals surface area contributed by atoms with Crippen molar-refractivity contribution in [3.05, 3.63) is 52.7 Å². The van der Waals surface area contributed by atoms with E-state index >= 15 is 0 Å². The summed E-state index contributed by atoms with van der Waals surface area (Å²) in [6, 6.07) is 9.40. The zero-order valence-electron chi connectivity index (χ0n) is 21.5. The highest BCUT2D eigenvalue weighted by Crippen LogP contribution is 2.34. The van der Waals surface area contributed by atoms with Gasteiger partial charge in [0.25, 0.3) is 0 Å². The van der Waals surface area contributed by atoms with Crippen LogP contribution in [0.15, 0.2) is 51.7 Å². The molecular formula is C27H30O14. The number of aromatic hydroxyl groups is 2. The van der Waals surface area contributed by atoms with Gasteiger partial charge in [0.05, 0.1) is 12.7 Å². The Labute approximate surface area is 231 Å². The fourth-order valence-corrected chi connectivity index (χ4v) is 4.71. The largest absolute Gasteiger partial charge is 0.508 e. The van der Waals surface area contributed by atoms with Gasteiger partial charge >= 0.3 is 0 Å². The molecule has 222 valence electrons. The van der Waals surface area contributed by atoms with Gasteiger partial charge in [-0.25, -0.2) is 0 Å². The molecule has 0 spiro atoms. The normalized spacial score (nSPS) is 34.0. The number of fused-ring (bicyclic) bond motifs is 1. The van der Waals surface area contributed by atoms with Gasteiger partial charge in [-0.15, -0.1) is 0 Å². The summed E-state index contributed by atoms with van der Waals surface area (Å²) in [6.07, 6.45) is -14.9. The molecule has 3 heterocycles. The summed E-state index contributed by atoms with van der Waals surface area (Å²) < 4.78 is 27.9. The van der Waals surface area contributed by atoms with Crippen molar-refractivity contribution in [2.75, 3.05) is 6.61 Å². The second-order valence-electron chi connectivity index (χ2n) is 9.98. The molecule has 41 heavy (non-hydrogen) atoms. The van der Waals surface area contributed by atoms with Crippen molar-refractivity contribution in [3.8, 4) is 28.6 Å². The molecule has 0 amide bonds. The summed E-state index contributed by atoms with van der Waals surface area (Å²) in [6.45, 7) is 0.969. The lowest BCUT2D eigenvalue weighted by Crippen LogP contribution is -2.61. The maximum Gasteiger partial charge on any atom is 0.229 e. The molecule has 2 aromatic carbocycles. The number of phenolic OH excluding ortho intramolecular Hbond substituents is 2. The minimum atomic E-state index is -1.76. The Morgan fingerprint density at radius 2 is 1.44 bits per heavy atom. The molecule has 10 atom stereocenters. The third-order valence-electron chi connectivity index (χ3n) is 7.09. The van der Waals surface area contributed by atoms with Crippen LogP contribution >= 0.6 is 0 Å². The molecule has 5 rings (SSSR count). The average Bonchev–Trinajstić information content (AvgIpc) is 2.94. The Hall–Kier alpha value is -3.31. The number of phenols is 2. The number of hydrogen-bond acceptors (Lipinski definition) is 14. The van der Waals surface area contributed by atoms with Gasteiger partial charge in [-0.1, -0.05) is 0 Å². The maximum absolute atomic E-state index is 12.7. The predicted octanol–water partition coefficient (Wildman–Crippen LogP) is -1.10. The lowest BCUT2D eigenvalue weighted by molar-refractivity contribution is -0.318. The second-order valence-corrected chi connectivity index (χ2v) is 9.98. The third kappa shape index (κ3) is 5.74. The Bertz CT molecular complexity index is 1420. The van der Waals surface area contributed by atoms with Crippen LogP contribution in [0.1, 0.15) is 6.92 Å². The van der Waals surface area contributed by atoms with Gasteiger partial charge in [-0.2, -0.15) is 0 Å². The Kier molecular flexibility index (Phi) is 8.20. The first-order valence-electron chi connectivity index (χ1n) is 12.7. The summed E-state index contributed by atoms with van der Waals surface area (Å²) in [4.78, 5) is 12.7. The monoisotopic (exact) mass is 578 g/mol. The van der Waals surface area contributed by atoms with E-state index in [0.717, 1.165) is 6.07 Å². The van der Waals surface area contributed by atoms with Crippen LogP contribution in [0.5, 0.6) is 17.2 Å². The van der Waals surface area contributed by atoms with Crippen molar-refractivity contribution in [2.45, 2.75) is 68.3 Å². The van der Waals surface area contributed by atoms with E-state index in [2.05, 4.69) is 0 Å². The van der Waals surface area contributed by atoms with Crippen molar-refractivity contribution < 1.29 is 64.2 Å². The van der Waals surface area contributed by atoms with Gasteiger partial charge < -0.3 is 64.2 Å². The number of aliphatic hydroxyl groups excluding tert-OH is 6. The summed E-state index contributed by atoms with van der Waals surface area (Å²) in [5, 5.41) is 81.2. The highest BCUT2D eigenvalue weighted by Gasteiger charge is 2.47. The quantitative estimate of drug-likeness (QED) is 0.174. The molecule has 2 aliphatic heterocycles. The molecule has 3 aromatic rings. The molecule has 2 saturated heterocycles. The van der Waals surface area contributed by atoms with E-state index in [0.29, 0.717) is 5.56 Å². The molecule has 2 fully saturated rings. The number of aliphatic hydroxyl groups is 6. The van der Waals surface area contributed by atoms with E-state index in [1.54, 1.807) is 0 Å². The van der Waals surface area contributed by atoms with E-state index in [4.69, 9.17) is 23.4 Å². The van der Waals surface area contributed by atoms with E-state index in [-0.39, 0.29) is 28.2 Å². The van der Waals surface area contributed by atoms with Crippen LogP contribution in [-0.2, 0) is 14.2 Å². The zero-order chi connectivity index (χ0) is 29.6. The molecule has 14 heteroatoms. The Morgan fingerprint density at radius 1 is 0.780 bits per heavy atom. The minimum absolute atomic E-state index is 0.0145. The molecule has 0 aliphatic carbocycles. The van der Waals surface area contributed by atoms with Crippen LogP contribution in [0.2, 0.25) is 0 Å².